The summed E-state index contributed by atoms with van der Waals surface area (Å²) < 4.78 is 0. The molecule has 0 bridgehead atoms. The van der Waals surface area contributed by atoms with Gasteiger partial charge in [-0.25, -0.2) is 4.98 Å². The number of carbonyl (C=O) groups is 1. The Bertz CT molecular complexity index is 768. The van der Waals surface area contributed by atoms with Crippen molar-refractivity contribution in [2.45, 2.75) is 37.6 Å². The molecule has 5 heteroatoms. The summed E-state index contributed by atoms with van der Waals surface area (Å²) in [6.07, 6.45) is 0. The fourth-order valence-corrected chi connectivity index (χ4v) is 3.62. The van der Waals surface area contributed by atoms with Crippen LogP contribution >= 0.6 is 11.8 Å². The zero-order valence-electron chi connectivity index (χ0n) is 14.4. The first kappa shape index (κ1) is 18.0. The monoisotopic (exact) mass is 339 g/mol. The Kier molecular flexibility index (Phi) is 5.99. The number of amides is 1. The number of aryl methyl sites for hydroxylation is 2. The zero-order chi connectivity index (χ0) is 17.7. The molecule has 0 radical (unpaired) electrons. The third kappa shape index (κ3) is 4.36. The van der Waals surface area contributed by atoms with E-state index in [1.165, 1.54) is 11.8 Å². The number of nitriles is 1. The van der Waals surface area contributed by atoms with E-state index in [4.69, 9.17) is 0 Å². The highest BCUT2D eigenvalue weighted by molar-refractivity contribution is 8.00. The molecule has 0 saturated heterocycles. The van der Waals surface area contributed by atoms with Crippen LogP contribution in [0.25, 0.3) is 0 Å². The Labute approximate surface area is 147 Å². The SMILES string of the molecule is Cc1cc(C)c(C#N)c(SC(C)C(=O)N(C)Cc2ccccc2)n1. The minimum Gasteiger partial charge on any atom is -0.340 e. The van der Waals surface area contributed by atoms with E-state index in [0.29, 0.717) is 17.1 Å². The highest BCUT2D eigenvalue weighted by Gasteiger charge is 2.21. The van der Waals surface area contributed by atoms with Gasteiger partial charge in [0.15, 0.2) is 0 Å². The van der Waals surface area contributed by atoms with Crippen molar-refractivity contribution in [1.29, 1.82) is 5.26 Å². The Morgan fingerprint density at radius 2 is 2.00 bits per heavy atom. The van der Waals surface area contributed by atoms with E-state index in [0.717, 1.165) is 16.8 Å². The van der Waals surface area contributed by atoms with E-state index in [2.05, 4.69) is 11.1 Å². The van der Waals surface area contributed by atoms with Crippen molar-refractivity contribution < 1.29 is 4.79 Å². The smallest absolute Gasteiger partial charge is 0.235 e. The van der Waals surface area contributed by atoms with Gasteiger partial charge in [-0.1, -0.05) is 42.1 Å². The van der Waals surface area contributed by atoms with Crippen molar-refractivity contribution in [2.75, 3.05) is 7.05 Å². The lowest BCUT2D eigenvalue weighted by molar-refractivity contribution is -0.129. The molecule has 0 N–H and O–H groups in total. The lowest BCUT2D eigenvalue weighted by atomic mass is 10.1. The molecule has 0 fully saturated rings. The van der Waals surface area contributed by atoms with Gasteiger partial charge in [0.2, 0.25) is 5.91 Å². The van der Waals surface area contributed by atoms with Crippen molar-refractivity contribution in [2.24, 2.45) is 0 Å². The molecule has 2 rings (SSSR count). The number of pyridine rings is 1. The normalized spacial score (nSPS) is 11.6. The molecule has 0 aliphatic rings. The molecule has 4 nitrogen and oxygen atoms in total. The predicted molar refractivity (Wildman–Crippen MR) is 96.7 cm³/mol. The maximum atomic E-state index is 12.6. The third-order valence-corrected chi connectivity index (χ3v) is 4.77. The molecule has 24 heavy (non-hydrogen) atoms. The van der Waals surface area contributed by atoms with Crippen LogP contribution in [0.3, 0.4) is 0 Å². The average molecular weight is 339 g/mol. The molecule has 0 spiro atoms. The molecule has 1 atom stereocenters. The second kappa shape index (κ2) is 7.98. The van der Waals surface area contributed by atoms with Gasteiger partial charge < -0.3 is 4.90 Å². The highest BCUT2D eigenvalue weighted by atomic mass is 32.2. The van der Waals surface area contributed by atoms with Crippen LogP contribution in [0.15, 0.2) is 41.4 Å². The molecule has 1 heterocycles. The summed E-state index contributed by atoms with van der Waals surface area (Å²) in [6, 6.07) is 14.0. The number of benzene rings is 1. The van der Waals surface area contributed by atoms with Gasteiger partial charge in [-0.05, 0) is 38.0 Å². The largest absolute Gasteiger partial charge is 0.340 e. The lowest BCUT2D eigenvalue weighted by Crippen LogP contribution is -2.32. The van der Waals surface area contributed by atoms with Crippen molar-refractivity contribution in [1.82, 2.24) is 9.88 Å². The van der Waals surface area contributed by atoms with Gasteiger partial charge in [0, 0.05) is 19.3 Å². The van der Waals surface area contributed by atoms with E-state index >= 15 is 0 Å². The molecular formula is C19H21N3OS. The average Bonchev–Trinajstić information content (AvgIpc) is 2.54. The summed E-state index contributed by atoms with van der Waals surface area (Å²) >= 11 is 1.35. The van der Waals surface area contributed by atoms with Gasteiger partial charge in [0.1, 0.15) is 11.1 Å². The van der Waals surface area contributed by atoms with Crippen LogP contribution in [0.4, 0.5) is 0 Å². The summed E-state index contributed by atoms with van der Waals surface area (Å²) in [5.74, 6) is 0.0219. The third-order valence-electron chi connectivity index (χ3n) is 3.70. The van der Waals surface area contributed by atoms with E-state index in [9.17, 15) is 10.1 Å². The zero-order valence-corrected chi connectivity index (χ0v) is 15.2. The predicted octanol–water partition coefficient (Wildman–Crippen LogP) is 3.71. The number of aromatic nitrogens is 1. The van der Waals surface area contributed by atoms with Gasteiger partial charge in [0.05, 0.1) is 10.8 Å². The number of hydrogen-bond donors (Lipinski definition) is 0. The standard InChI is InChI=1S/C19H21N3OS/c1-13-10-14(2)21-18(17(13)11-20)24-15(3)19(23)22(4)12-16-8-6-5-7-9-16/h5-10,15H,12H2,1-4H3. The number of nitrogens with zero attached hydrogens (tertiary/aromatic N) is 3. The first-order chi connectivity index (χ1) is 11.4. The molecule has 1 amide bonds. The van der Waals surface area contributed by atoms with Gasteiger partial charge in [-0.3, -0.25) is 4.79 Å². The van der Waals surface area contributed by atoms with Crippen LogP contribution in [0.1, 0.15) is 29.3 Å². The Morgan fingerprint density at radius 1 is 1.33 bits per heavy atom. The van der Waals surface area contributed by atoms with E-state index in [1.807, 2.05) is 57.2 Å². The molecule has 0 aliphatic carbocycles. The van der Waals surface area contributed by atoms with Crippen molar-refractivity contribution in [3.8, 4) is 6.07 Å². The number of thioether (sulfide) groups is 1. The second-order valence-corrected chi connectivity index (χ2v) is 7.14. The van der Waals surface area contributed by atoms with Gasteiger partial charge in [-0.15, -0.1) is 0 Å². The molecule has 1 aromatic carbocycles. The fraction of sp³-hybridized carbons (Fsp3) is 0.316. The lowest BCUT2D eigenvalue weighted by Gasteiger charge is -2.21. The Hall–Kier alpha value is -2.32. The maximum absolute atomic E-state index is 12.6. The number of hydrogen-bond acceptors (Lipinski definition) is 4. The first-order valence-electron chi connectivity index (χ1n) is 7.76. The van der Waals surface area contributed by atoms with E-state index in [-0.39, 0.29) is 11.2 Å². The number of carbonyl (C=O) groups excluding carboxylic acids is 1. The minimum absolute atomic E-state index is 0.0219. The van der Waals surface area contributed by atoms with Crippen molar-refractivity contribution in [3.05, 3.63) is 58.8 Å². The van der Waals surface area contributed by atoms with Crippen molar-refractivity contribution >= 4 is 17.7 Å². The summed E-state index contributed by atoms with van der Waals surface area (Å²) in [7, 11) is 1.80. The molecule has 1 unspecified atom stereocenters. The van der Waals surface area contributed by atoms with Crippen LogP contribution in [0.5, 0.6) is 0 Å². The molecule has 1 aromatic heterocycles. The first-order valence-corrected chi connectivity index (χ1v) is 8.64. The summed E-state index contributed by atoms with van der Waals surface area (Å²) in [5, 5.41) is 9.67. The number of rotatable bonds is 5. The molecule has 124 valence electrons. The van der Waals surface area contributed by atoms with Gasteiger partial charge in [0.25, 0.3) is 0 Å². The van der Waals surface area contributed by atoms with Gasteiger partial charge >= 0.3 is 0 Å². The quantitative estimate of drug-likeness (QED) is 0.779. The molecule has 2 aromatic rings. The summed E-state index contributed by atoms with van der Waals surface area (Å²) in [6.45, 7) is 6.21. The maximum Gasteiger partial charge on any atom is 0.235 e. The summed E-state index contributed by atoms with van der Waals surface area (Å²) in [5.41, 5.74) is 3.39. The van der Waals surface area contributed by atoms with Crippen LogP contribution in [0, 0.1) is 25.2 Å². The van der Waals surface area contributed by atoms with Crippen LogP contribution < -0.4 is 0 Å². The summed E-state index contributed by atoms with van der Waals surface area (Å²) in [4.78, 5) is 18.8. The molecule has 0 aliphatic heterocycles. The Morgan fingerprint density at radius 3 is 2.62 bits per heavy atom. The van der Waals surface area contributed by atoms with Crippen LogP contribution in [0.2, 0.25) is 0 Å². The Balaban J connectivity index is 2.11. The highest BCUT2D eigenvalue weighted by Crippen LogP contribution is 2.28. The molecular weight excluding hydrogens is 318 g/mol. The fourth-order valence-electron chi connectivity index (χ4n) is 2.49. The van der Waals surface area contributed by atoms with Crippen molar-refractivity contribution in [3.63, 3.8) is 0 Å². The van der Waals surface area contributed by atoms with E-state index in [1.54, 1.807) is 11.9 Å². The van der Waals surface area contributed by atoms with Gasteiger partial charge in [-0.2, -0.15) is 5.26 Å². The molecule has 0 saturated carbocycles. The van der Waals surface area contributed by atoms with Crippen LogP contribution in [-0.4, -0.2) is 28.1 Å². The van der Waals surface area contributed by atoms with Crippen LogP contribution in [-0.2, 0) is 11.3 Å². The topological polar surface area (TPSA) is 57.0 Å². The second-order valence-electron chi connectivity index (χ2n) is 5.81. The van der Waals surface area contributed by atoms with E-state index < -0.39 is 0 Å². The minimum atomic E-state index is -0.306.